The molecule has 1 aromatic carbocycles. The smallest absolute Gasteiger partial charge is 0.122 e. The van der Waals surface area contributed by atoms with Crippen LogP contribution in [0.25, 0.3) is 11.0 Å². The summed E-state index contributed by atoms with van der Waals surface area (Å²) >= 11 is 0. The van der Waals surface area contributed by atoms with Crippen molar-refractivity contribution >= 4 is 21.8 Å². The van der Waals surface area contributed by atoms with Crippen molar-refractivity contribution in [2.24, 2.45) is 7.05 Å². The summed E-state index contributed by atoms with van der Waals surface area (Å²) in [5.74, 6) is 1.40. The van der Waals surface area contributed by atoms with E-state index in [1.54, 1.807) is 6.26 Å². The van der Waals surface area contributed by atoms with Gasteiger partial charge < -0.3 is 4.57 Å². The molecule has 0 saturated heterocycles. The van der Waals surface area contributed by atoms with E-state index in [0.717, 1.165) is 16.9 Å². The van der Waals surface area contributed by atoms with Gasteiger partial charge in [-0.2, -0.15) is 0 Å². The number of imidazole rings is 1. The molecule has 0 amide bonds. The Bertz CT molecular complexity index is 490. The van der Waals surface area contributed by atoms with Crippen LogP contribution in [0.5, 0.6) is 0 Å². The number of rotatable bonds is 2. The standard InChI is InChI=1S/C10H12N2OS/c1-12-9-6-4-3-5-8(9)11-10(12)7-14(2)13/h3-6H,7H2,1-2H3. The maximum Gasteiger partial charge on any atom is 0.122 e. The van der Waals surface area contributed by atoms with E-state index in [-0.39, 0.29) is 0 Å². The summed E-state index contributed by atoms with van der Waals surface area (Å²) in [7, 11) is 1.12. The van der Waals surface area contributed by atoms with Gasteiger partial charge in [-0.15, -0.1) is 0 Å². The van der Waals surface area contributed by atoms with Gasteiger partial charge >= 0.3 is 0 Å². The quantitative estimate of drug-likeness (QED) is 0.748. The van der Waals surface area contributed by atoms with E-state index in [1.807, 2.05) is 35.9 Å². The predicted octanol–water partition coefficient (Wildman–Crippen LogP) is 1.45. The van der Waals surface area contributed by atoms with E-state index < -0.39 is 10.8 Å². The second-order valence-electron chi connectivity index (χ2n) is 3.29. The Morgan fingerprint density at radius 3 is 2.79 bits per heavy atom. The summed E-state index contributed by atoms with van der Waals surface area (Å²) in [6, 6.07) is 7.93. The fourth-order valence-electron chi connectivity index (χ4n) is 1.51. The Balaban J connectivity index is 2.57. The lowest BCUT2D eigenvalue weighted by molar-refractivity contribution is 0.684. The van der Waals surface area contributed by atoms with Crippen LogP contribution in [0.2, 0.25) is 0 Å². The Kier molecular flexibility index (Phi) is 2.37. The second-order valence-corrected chi connectivity index (χ2v) is 4.73. The molecule has 0 aliphatic carbocycles. The maximum absolute atomic E-state index is 11.1. The molecule has 0 aliphatic heterocycles. The highest BCUT2D eigenvalue weighted by Gasteiger charge is 2.07. The molecule has 1 heterocycles. The van der Waals surface area contributed by atoms with Gasteiger partial charge in [0.25, 0.3) is 0 Å². The number of hydrogen-bond acceptors (Lipinski definition) is 2. The monoisotopic (exact) mass is 208 g/mol. The van der Waals surface area contributed by atoms with Crippen LogP contribution in [0.15, 0.2) is 24.3 Å². The minimum absolute atomic E-state index is 0.519. The minimum Gasteiger partial charge on any atom is -0.330 e. The number of aryl methyl sites for hydroxylation is 1. The Morgan fingerprint density at radius 1 is 1.43 bits per heavy atom. The van der Waals surface area contributed by atoms with Crippen LogP contribution >= 0.6 is 0 Å². The van der Waals surface area contributed by atoms with Gasteiger partial charge in [0.2, 0.25) is 0 Å². The van der Waals surface area contributed by atoms with Crippen molar-refractivity contribution in [2.45, 2.75) is 5.75 Å². The van der Waals surface area contributed by atoms with E-state index in [0.29, 0.717) is 5.75 Å². The van der Waals surface area contributed by atoms with Crippen molar-refractivity contribution in [3.8, 4) is 0 Å². The highest BCUT2D eigenvalue weighted by Crippen LogP contribution is 2.14. The van der Waals surface area contributed by atoms with Crippen LogP contribution in [0.3, 0.4) is 0 Å². The third kappa shape index (κ3) is 1.57. The number of fused-ring (bicyclic) bond motifs is 1. The highest BCUT2D eigenvalue weighted by molar-refractivity contribution is 7.83. The third-order valence-electron chi connectivity index (χ3n) is 2.21. The van der Waals surface area contributed by atoms with Gasteiger partial charge in [0.15, 0.2) is 0 Å². The third-order valence-corrected chi connectivity index (χ3v) is 2.88. The molecule has 0 aliphatic rings. The molecule has 2 rings (SSSR count). The summed E-state index contributed by atoms with van der Waals surface area (Å²) in [4.78, 5) is 4.42. The Labute approximate surface area is 85.2 Å². The van der Waals surface area contributed by atoms with E-state index in [9.17, 15) is 4.21 Å². The molecule has 0 bridgehead atoms. The van der Waals surface area contributed by atoms with Crippen molar-refractivity contribution in [1.82, 2.24) is 9.55 Å². The summed E-state index contributed by atoms with van der Waals surface area (Å²) in [5.41, 5.74) is 2.06. The second kappa shape index (κ2) is 3.53. The molecule has 0 N–H and O–H groups in total. The van der Waals surface area contributed by atoms with E-state index in [4.69, 9.17) is 0 Å². The number of hydrogen-bond donors (Lipinski definition) is 0. The first-order chi connectivity index (χ1) is 6.68. The first kappa shape index (κ1) is 9.40. The molecule has 3 nitrogen and oxygen atoms in total. The molecule has 14 heavy (non-hydrogen) atoms. The fraction of sp³-hybridized carbons (Fsp3) is 0.300. The lowest BCUT2D eigenvalue weighted by Gasteiger charge is -1.98. The van der Waals surface area contributed by atoms with Gasteiger partial charge in [-0.05, 0) is 12.1 Å². The predicted molar refractivity (Wildman–Crippen MR) is 58.5 cm³/mol. The normalized spacial score (nSPS) is 13.3. The number of nitrogens with zero attached hydrogens (tertiary/aromatic N) is 2. The highest BCUT2D eigenvalue weighted by atomic mass is 32.2. The van der Waals surface area contributed by atoms with E-state index in [1.165, 1.54) is 0 Å². The molecule has 2 aromatic rings. The summed E-state index contributed by atoms with van der Waals surface area (Å²) in [6.45, 7) is 0. The van der Waals surface area contributed by atoms with Gasteiger partial charge in [-0.25, -0.2) is 4.98 Å². The number of benzene rings is 1. The van der Waals surface area contributed by atoms with Gasteiger partial charge in [-0.1, -0.05) is 12.1 Å². The number of aromatic nitrogens is 2. The molecule has 4 heteroatoms. The molecule has 0 fully saturated rings. The Morgan fingerprint density at radius 2 is 2.14 bits per heavy atom. The minimum atomic E-state index is -0.837. The van der Waals surface area contributed by atoms with Crippen molar-refractivity contribution in [3.05, 3.63) is 30.1 Å². The van der Waals surface area contributed by atoms with Crippen LogP contribution < -0.4 is 0 Å². The molecular weight excluding hydrogens is 196 g/mol. The van der Waals surface area contributed by atoms with Crippen LogP contribution in [-0.2, 0) is 23.6 Å². The van der Waals surface area contributed by atoms with Crippen LogP contribution in [0.1, 0.15) is 5.82 Å². The van der Waals surface area contributed by atoms with Crippen molar-refractivity contribution < 1.29 is 4.21 Å². The average molecular weight is 208 g/mol. The Hall–Kier alpha value is -1.16. The van der Waals surface area contributed by atoms with Gasteiger partial charge in [-0.3, -0.25) is 4.21 Å². The summed E-state index contributed by atoms with van der Waals surface area (Å²) in [6.07, 6.45) is 1.69. The van der Waals surface area contributed by atoms with Gasteiger partial charge in [0, 0.05) is 24.1 Å². The average Bonchev–Trinajstić information content (AvgIpc) is 2.44. The van der Waals surface area contributed by atoms with Crippen molar-refractivity contribution in [1.29, 1.82) is 0 Å². The zero-order valence-electron chi connectivity index (χ0n) is 8.23. The molecule has 0 saturated carbocycles. The van der Waals surface area contributed by atoms with Crippen LogP contribution in [0.4, 0.5) is 0 Å². The molecule has 1 aromatic heterocycles. The van der Waals surface area contributed by atoms with Gasteiger partial charge in [0.1, 0.15) is 5.82 Å². The lowest BCUT2D eigenvalue weighted by Crippen LogP contribution is -2.01. The molecule has 74 valence electrons. The first-order valence-corrected chi connectivity index (χ1v) is 6.11. The lowest BCUT2D eigenvalue weighted by atomic mass is 10.3. The first-order valence-electron chi connectivity index (χ1n) is 4.39. The van der Waals surface area contributed by atoms with Gasteiger partial charge in [0.05, 0.1) is 16.8 Å². The zero-order valence-corrected chi connectivity index (χ0v) is 9.04. The number of para-hydroxylation sites is 2. The molecule has 0 radical (unpaired) electrons. The molecule has 1 atom stereocenters. The summed E-state index contributed by atoms with van der Waals surface area (Å²) in [5, 5.41) is 0. The van der Waals surface area contributed by atoms with Crippen LogP contribution in [-0.4, -0.2) is 20.0 Å². The SMILES string of the molecule is Cn1c(CS(C)=O)nc2ccccc21. The van der Waals surface area contributed by atoms with E-state index >= 15 is 0 Å². The zero-order chi connectivity index (χ0) is 10.1. The fourth-order valence-corrected chi connectivity index (χ4v) is 2.13. The van der Waals surface area contributed by atoms with Crippen LogP contribution in [0, 0.1) is 0 Å². The molecular formula is C10H12N2OS. The van der Waals surface area contributed by atoms with Crippen molar-refractivity contribution in [2.75, 3.05) is 6.26 Å². The molecule has 1 unspecified atom stereocenters. The largest absolute Gasteiger partial charge is 0.330 e. The van der Waals surface area contributed by atoms with E-state index in [2.05, 4.69) is 4.98 Å². The topological polar surface area (TPSA) is 34.9 Å². The maximum atomic E-state index is 11.1. The molecule has 0 spiro atoms. The summed E-state index contributed by atoms with van der Waals surface area (Å²) < 4.78 is 13.1. The van der Waals surface area contributed by atoms with Crippen molar-refractivity contribution in [3.63, 3.8) is 0 Å².